The second kappa shape index (κ2) is 10.2. The van der Waals surface area contributed by atoms with Crippen molar-refractivity contribution in [1.29, 1.82) is 0 Å². The topological polar surface area (TPSA) is 78.5 Å². The Hall–Kier alpha value is -3.22. The molecule has 2 aromatic carbocycles. The van der Waals surface area contributed by atoms with Crippen LogP contribution in [0.4, 0.5) is 4.39 Å². The highest BCUT2D eigenvalue weighted by Gasteiger charge is 2.28. The number of hydrogen-bond acceptors (Lipinski definition) is 3. The predicted octanol–water partition coefficient (Wildman–Crippen LogP) is 2.60. The SMILES string of the molecule is CC(=O)NC(Cc1ccccc1F)C(=O)NC1CCN(C(=O)c2ccc(C)cc2)CC1. The summed E-state index contributed by atoms with van der Waals surface area (Å²) < 4.78 is 14.0. The van der Waals surface area contributed by atoms with Gasteiger partial charge in [-0.1, -0.05) is 35.9 Å². The van der Waals surface area contributed by atoms with Gasteiger partial charge in [0.1, 0.15) is 11.9 Å². The molecule has 0 aliphatic carbocycles. The van der Waals surface area contributed by atoms with E-state index in [9.17, 15) is 18.8 Å². The zero-order valence-corrected chi connectivity index (χ0v) is 17.9. The van der Waals surface area contributed by atoms with E-state index in [1.807, 2.05) is 31.2 Å². The molecule has 2 N–H and O–H groups in total. The number of carbonyl (C=O) groups is 3. The highest BCUT2D eigenvalue weighted by molar-refractivity contribution is 5.94. The standard InChI is InChI=1S/C24H28FN3O3/c1-16-7-9-18(10-8-16)24(31)28-13-11-20(12-14-28)27-23(30)22(26-17(2)29)15-19-5-3-4-6-21(19)25/h3-10,20,22H,11-15H2,1-2H3,(H,26,29)(H,27,30). The molecule has 164 valence electrons. The van der Waals surface area contributed by atoms with Crippen molar-refractivity contribution in [2.45, 2.75) is 45.2 Å². The maximum Gasteiger partial charge on any atom is 0.253 e. The van der Waals surface area contributed by atoms with Crippen LogP contribution in [-0.4, -0.2) is 47.8 Å². The summed E-state index contributed by atoms with van der Waals surface area (Å²) in [5.41, 5.74) is 2.13. The number of nitrogens with zero attached hydrogens (tertiary/aromatic N) is 1. The second-order valence-corrected chi connectivity index (χ2v) is 7.99. The number of amides is 3. The van der Waals surface area contributed by atoms with Crippen molar-refractivity contribution in [2.75, 3.05) is 13.1 Å². The van der Waals surface area contributed by atoms with Gasteiger partial charge in [-0.3, -0.25) is 14.4 Å². The number of likely N-dealkylation sites (tertiary alicyclic amines) is 1. The van der Waals surface area contributed by atoms with Gasteiger partial charge in [0.25, 0.3) is 5.91 Å². The van der Waals surface area contributed by atoms with E-state index in [2.05, 4.69) is 10.6 Å². The molecule has 2 aromatic rings. The van der Waals surface area contributed by atoms with Crippen molar-refractivity contribution < 1.29 is 18.8 Å². The summed E-state index contributed by atoms with van der Waals surface area (Å²) in [6.45, 7) is 4.38. The van der Waals surface area contributed by atoms with Crippen LogP contribution in [0.1, 0.15) is 41.3 Å². The smallest absolute Gasteiger partial charge is 0.253 e. The minimum atomic E-state index is -0.860. The van der Waals surface area contributed by atoms with E-state index in [-0.39, 0.29) is 30.2 Å². The molecule has 31 heavy (non-hydrogen) atoms. The van der Waals surface area contributed by atoms with Gasteiger partial charge >= 0.3 is 0 Å². The lowest BCUT2D eigenvalue weighted by molar-refractivity contribution is -0.128. The maximum atomic E-state index is 14.0. The Morgan fingerprint density at radius 1 is 1.06 bits per heavy atom. The molecule has 1 fully saturated rings. The van der Waals surface area contributed by atoms with Gasteiger partial charge in [0.15, 0.2) is 0 Å². The zero-order valence-electron chi connectivity index (χ0n) is 17.9. The van der Waals surface area contributed by atoms with Crippen molar-refractivity contribution in [1.82, 2.24) is 15.5 Å². The van der Waals surface area contributed by atoms with Crippen LogP contribution in [0.5, 0.6) is 0 Å². The number of hydrogen-bond donors (Lipinski definition) is 2. The number of piperidine rings is 1. The van der Waals surface area contributed by atoms with E-state index in [4.69, 9.17) is 0 Å². The monoisotopic (exact) mass is 425 g/mol. The number of benzene rings is 2. The largest absolute Gasteiger partial charge is 0.351 e. The fraction of sp³-hybridized carbons (Fsp3) is 0.375. The molecule has 6 nitrogen and oxygen atoms in total. The van der Waals surface area contributed by atoms with Crippen molar-refractivity contribution in [3.8, 4) is 0 Å². The molecule has 0 spiro atoms. The molecule has 3 rings (SSSR count). The molecular formula is C24H28FN3O3. The molecule has 1 atom stereocenters. The van der Waals surface area contributed by atoms with Crippen molar-refractivity contribution in [2.24, 2.45) is 0 Å². The minimum Gasteiger partial charge on any atom is -0.351 e. The zero-order chi connectivity index (χ0) is 22.4. The molecule has 1 aliphatic rings. The molecular weight excluding hydrogens is 397 g/mol. The van der Waals surface area contributed by atoms with Gasteiger partial charge in [-0.15, -0.1) is 0 Å². The fourth-order valence-electron chi connectivity index (χ4n) is 3.75. The van der Waals surface area contributed by atoms with Gasteiger partial charge in [-0.2, -0.15) is 0 Å². The van der Waals surface area contributed by atoms with Gasteiger partial charge in [0, 0.05) is 38.0 Å². The summed E-state index contributed by atoms with van der Waals surface area (Å²) >= 11 is 0. The highest BCUT2D eigenvalue weighted by Crippen LogP contribution is 2.16. The third-order valence-electron chi connectivity index (χ3n) is 5.50. The molecule has 3 amide bonds. The third-order valence-corrected chi connectivity index (χ3v) is 5.50. The first-order chi connectivity index (χ1) is 14.8. The van der Waals surface area contributed by atoms with Crippen LogP contribution < -0.4 is 10.6 Å². The Kier molecular flexibility index (Phi) is 7.39. The Labute approximate surface area is 181 Å². The quantitative estimate of drug-likeness (QED) is 0.747. The van der Waals surface area contributed by atoms with Crippen molar-refractivity contribution in [3.05, 3.63) is 71.0 Å². The molecule has 0 aromatic heterocycles. The van der Waals surface area contributed by atoms with Crippen molar-refractivity contribution in [3.63, 3.8) is 0 Å². The lowest BCUT2D eigenvalue weighted by Crippen LogP contribution is -2.53. The number of carbonyl (C=O) groups excluding carboxylic acids is 3. The molecule has 1 unspecified atom stereocenters. The van der Waals surface area contributed by atoms with Crippen LogP contribution in [0.25, 0.3) is 0 Å². The Bertz CT molecular complexity index is 937. The van der Waals surface area contributed by atoms with E-state index < -0.39 is 11.9 Å². The summed E-state index contributed by atoms with van der Waals surface area (Å²) in [5.74, 6) is -1.12. The summed E-state index contributed by atoms with van der Waals surface area (Å²) in [6, 6.07) is 12.7. The number of nitrogens with one attached hydrogen (secondary N) is 2. The summed E-state index contributed by atoms with van der Waals surface area (Å²) in [5, 5.41) is 5.57. The molecule has 1 heterocycles. The first-order valence-electron chi connectivity index (χ1n) is 10.5. The summed E-state index contributed by atoms with van der Waals surface area (Å²) in [6.07, 6.45) is 1.31. The lowest BCUT2D eigenvalue weighted by Gasteiger charge is -2.33. The highest BCUT2D eigenvalue weighted by atomic mass is 19.1. The molecule has 0 radical (unpaired) electrons. The van der Waals surface area contributed by atoms with E-state index in [1.165, 1.54) is 13.0 Å². The van der Waals surface area contributed by atoms with Crippen LogP contribution in [0.15, 0.2) is 48.5 Å². The fourth-order valence-corrected chi connectivity index (χ4v) is 3.75. The van der Waals surface area contributed by atoms with Gasteiger partial charge < -0.3 is 15.5 Å². The molecule has 1 saturated heterocycles. The average Bonchev–Trinajstić information content (AvgIpc) is 2.75. The summed E-state index contributed by atoms with van der Waals surface area (Å²) in [4.78, 5) is 38.8. The Morgan fingerprint density at radius 2 is 1.71 bits per heavy atom. The van der Waals surface area contributed by atoms with Crippen LogP contribution in [0.2, 0.25) is 0 Å². The Morgan fingerprint density at radius 3 is 2.32 bits per heavy atom. The lowest BCUT2D eigenvalue weighted by atomic mass is 10.0. The van der Waals surface area contributed by atoms with Gasteiger partial charge in [-0.05, 0) is 43.5 Å². The molecule has 0 saturated carbocycles. The third kappa shape index (κ3) is 6.13. The van der Waals surface area contributed by atoms with E-state index in [0.29, 0.717) is 37.1 Å². The van der Waals surface area contributed by atoms with Gasteiger partial charge in [-0.25, -0.2) is 4.39 Å². The second-order valence-electron chi connectivity index (χ2n) is 7.99. The van der Waals surface area contributed by atoms with Gasteiger partial charge in [0.2, 0.25) is 11.8 Å². The van der Waals surface area contributed by atoms with E-state index in [1.54, 1.807) is 23.1 Å². The van der Waals surface area contributed by atoms with Crippen LogP contribution in [0.3, 0.4) is 0 Å². The van der Waals surface area contributed by atoms with Crippen LogP contribution in [-0.2, 0) is 16.0 Å². The van der Waals surface area contributed by atoms with E-state index in [0.717, 1.165) is 5.56 Å². The average molecular weight is 426 g/mol. The maximum absolute atomic E-state index is 14.0. The van der Waals surface area contributed by atoms with Gasteiger partial charge in [0.05, 0.1) is 0 Å². The molecule has 1 aliphatic heterocycles. The Balaban J connectivity index is 1.56. The minimum absolute atomic E-state index is 0.0135. The first-order valence-corrected chi connectivity index (χ1v) is 10.5. The molecule has 0 bridgehead atoms. The van der Waals surface area contributed by atoms with Crippen molar-refractivity contribution >= 4 is 17.7 Å². The molecule has 7 heteroatoms. The number of aryl methyl sites for hydroxylation is 1. The van der Waals surface area contributed by atoms with E-state index >= 15 is 0 Å². The predicted molar refractivity (Wildman–Crippen MR) is 116 cm³/mol. The van der Waals surface area contributed by atoms with Crippen LogP contribution in [0, 0.1) is 12.7 Å². The summed E-state index contributed by atoms with van der Waals surface area (Å²) in [7, 11) is 0. The van der Waals surface area contributed by atoms with Crippen LogP contribution >= 0.6 is 0 Å². The number of halogens is 1. The normalized spacial score (nSPS) is 15.3. The first kappa shape index (κ1) is 22.5. The number of rotatable bonds is 6.